The third-order valence-corrected chi connectivity index (χ3v) is 2.31. The Morgan fingerprint density at radius 1 is 1.32 bits per heavy atom. The molecule has 0 spiro atoms. The molecule has 0 saturated carbocycles. The fourth-order valence-electron chi connectivity index (χ4n) is 1.53. The van der Waals surface area contributed by atoms with Gasteiger partial charge < -0.3 is 21.1 Å². The van der Waals surface area contributed by atoms with E-state index in [9.17, 15) is 9.59 Å². The van der Waals surface area contributed by atoms with Crippen LogP contribution < -0.4 is 16.4 Å². The van der Waals surface area contributed by atoms with Crippen LogP contribution in [0.4, 0.5) is 5.69 Å². The summed E-state index contributed by atoms with van der Waals surface area (Å²) in [6, 6.07) is 7.56. The molecule has 104 valence electrons. The number of para-hydroxylation sites is 1. The molecule has 0 aliphatic heterocycles. The van der Waals surface area contributed by atoms with Crippen LogP contribution in [0.1, 0.15) is 12.5 Å². The van der Waals surface area contributed by atoms with E-state index >= 15 is 0 Å². The predicted molar refractivity (Wildman–Crippen MR) is 72.5 cm³/mol. The van der Waals surface area contributed by atoms with Crippen molar-refractivity contribution in [1.29, 1.82) is 0 Å². The third-order valence-electron chi connectivity index (χ3n) is 2.31. The molecule has 4 N–H and O–H groups in total. The number of primary amides is 1. The van der Waals surface area contributed by atoms with E-state index in [0.29, 0.717) is 19.7 Å². The number of ether oxygens (including phenoxy) is 1. The number of nitrogens with one attached hydrogen (secondary N) is 2. The Kier molecular flexibility index (Phi) is 6.56. The van der Waals surface area contributed by atoms with E-state index in [1.807, 2.05) is 24.3 Å². The molecule has 1 aromatic carbocycles. The summed E-state index contributed by atoms with van der Waals surface area (Å²) in [6.07, 6.45) is 0. The molecule has 19 heavy (non-hydrogen) atoms. The number of rotatable bonds is 8. The van der Waals surface area contributed by atoms with Gasteiger partial charge in [-0.15, -0.1) is 0 Å². The van der Waals surface area contributed by atoms with Gasteiger partial charge in [-0.25, -0.2) is 0 Å². The average molecular weight is 265 g/mol. The molecule has 0 heterocycles. The van der Waals surface area contributed by atoms with Crippen LogP contribution in [0.3, 0.4) is 0 Å². The molecule has 6 heteroatoms. The molecule has 0 aromatic heterocycles. The Morgan fingerprint density at radius 3 is 2.74 bits per heavy atom. The fourth-order valence-corrected chi connectivity index (χ4v) is 1.53. The van der Waals surface area contributed by atoms with Gasteiger partial charge in [-0.1, -0.05) is 18.2 Å². The van der Waals surface area contributed by atoms with Crippen molar-refractivity contribution >= 4 is 17.5 Å². The van der Waals surface area contributed by atoms with Crippen LogP contribution in [0.2, 0.25) is 0 Å². The molecule has 0 bridgehead atoms. The van der Waals surface area contributed by atoms with Crippen molar-refractivity contribution < 1.29 is 14.3 Å². The maximum absolute atomic E-state index is 11.0. The van der Waals surface area contributed by atoms with Gasteiger partial charge in [-0.2, -0.15) is 0 Å². The number of hydrogen-bond donors (Lipinski definition) is 3. The van der Waals surface area contributed by atoms with Crippen LogP contribution in [0, 0.1) is 0 Å². The van der Waals surface area contributed by atoms with Gasteiger partial charge in [-0.3, -0.25) is 9.59 Å². The van der Waals surface area contributed by atoms with Gasteiger partial charge in [0.1, 0.15) is 6.61 Å². The summed E-state index contributed by atoms with van der Waals surface area (Å²) in [5.74, 6) is -0.576. The van der Waals surface area contributed by atoms with E-state index in [2.05, 4.69) is 10.6 Å². The predicted octanol–water partition coefficient (Wildman–Crippen LogP) is 0.237. The lowest BCUT2D eigenvalue weighted by atomic mass is 10.1. The summed E-state index contributed by atoms with van der Waals surface area (Å²) in [4.78, 5) is 21.5. The highest BCUT2D eigenvalue weighted by Crippen LogP contribution is 2.14. The van der Waals surface area contributed by atoms with E-state index in [0.717, 1.165) is 11.3 Å². The van der Waals surface area contributed by atoms with Gasteiger partial charge in [0.05, 0.1) is 6.61 Å². The maximum atomic E-state index is 11.0. The largest absolute Gasteiger partial charge is 0.370 e. The van der Waals surface area contributed by atoms with Gasteiger partial charge in [0.2, 0.25) is 11.8 Å². The van der Waals surface area contributed by atoms with Gasteiger partial charge in [0, 0.05) is 25.7 Å². The van der Waals surface area contributed by atoms with E-state index in [-0.39, 0.29) is 12.5 Å². The van der Waals surface area contributed by atoms with E-state index in [1.165, 1.54) is 6.92 Å². The Balaban J connectivity index is 2.32. The summed E-state index contributed by atoms with van der Waals surface area (Å²) in [6.45, 7) is 3.02. The van der Waals surface area contributed by atoms with Crippen LogP contribution >= 0.6 is 0 Å². The first-order valence-corrected chi connectivity index (χ1v) is 6.02. The number of carbonyl (C=O) groups excluding carboxylic acids is 2. The van der Waals surface area contributed by atoms with Gasteiger partial charge in [0.15, 0.2) is 0 Å². The van der Waals surface area contributed by atoms with Gasteiger partial charge in [0.25, 0.3) is 0 Å². The second kappa shape index (κ2) is 8.23. The molecule has 0 unspecified atom stereocenters. The quantitative estimate of drug-likeness (QED) is 0.587. The SMILES string of the molecule is CC(=O)Nc1ccccc1CNCCOCC(N)=O. The standard InChI is InChI=1S/C13H19N3O3/c1-10(17)16-12-5-3-2-4-11(12)8-15-6-7-19-9-13(14)18/h2-5,15H,6-9H2,1H3,(H2,14,18)(H,16,17). The first-order chi connectivity index (χ1) is 9.09. The highest BCUT2D eigenvalue weighted by Gasteiger charge is 2.02. The van der Waals surface area contributed by atoms with Crippen LogP contribution in [0.5, 0.6) is 0 Å². The number of nitrogens with two attached hydrogens (primary N) is 1. The monoisotopic (exact) mass is 265 g/mol. The lowest BCUT2D eigenvalue weighted by molar-refractivity contribution is -0.122. The molecular weight excluding hydrogens is 246 g/mol. The summed E-state index contributed by atoms with van der Waals surface area (Å²) in [5.41, 5.74) is 6.73. The lowest BCUT2D eigenvalue weighted by Gasteiger charge is -2.10. The second-order valence-corrected chi connectivity index (χ2v) is 4.03. The zero-order valence-electron chi connectivity index (χ0n) is 10.9. The molecule has 1 rings (SSSR count). The molecule has 0 radical (unpaired) electrons. The number of amides is 2. The zero-order valence-corrected chi connectivity index (χ0v) is 10.9. The third kappa shape index (κ3) is 6.54. The Labute approximate surface area is 112 Å². The van der Waals surface area contributed by atoms with Gasteiger partial charge >= 0.3 is 0 Å². The minimum Gasteiger partial charge on any atom is -0.370 e. The van der Waals surface area contributed by atoms with Crippen molar-refractivity contribution in [3.63, 3.8) is 0 Å². The number of benzene rings is 1. The fraction of sp³-hybridized carbons (Fsp3) is 0.385. The van der Waals surface area contributed by atoms with Crippen molar-refractivity contribution in [1.82, 2.24) is 5.32 Å². The smallest absolute Gasteiger partial charge is 0.243 e. The van der Waals surface area contributed by atoms with E-state index in [4.69, 9.17) is 10.5 Å². The number of anilines is 1. The van der Waals surface area contributed by atoms with Crippen molar-refractivity contribution in [3.05, 3.63) is 29.8 Å². The summed E-state index contributed by atoms with van der Waals surface area (Å²) < 4.78 is 5.02. The minimum atomic E-state index is -0.476. The topological polar surface area (TPSA) is 93.4 Å². The first kappa shape index (κ1) is 15.1. The zero-order chi connectivity index (χ0) is 14.1. The van der Waals surface area contributed by atoms with Crippen molar-refractivity contribution in [2.24, 2.45) is 5.73 Å². The Hall–Kier alpha value is -1.92. The first-order valence-electron chi connectivity index (χ1n) is 6.02. The molecule has 1 aromatic rings. The summed E-state index contributed by atoms with van der Waals surface area (Å²) in [5, 5.41) is 5.93. The minimum absolute atomic E-state index is 0.0653. The van der Waals surface area contributed by atoms with Crippen LogP contribution in [-0.2, 0) is 20.9 Å². The van der Waals surface area contributed by atoms with Crippen LogP contribution in [0.25, 0.3) is 0 Å². The van der Waals surface area contributed by atoms with Crippen molar-refractivity contribution in [2.75, 3.05) is 25.1 Å². The van der Waals surface area contributed by atoms with Crippen LogP contribution in [-0.4, -0.2) is 31.6 Å². The second-order valence-electron chi connectivity index (χ2n) is 4.03. The molecule has 6 nitrogen and oxygen atoms in total. The van der Waals surface area contributed by atoms with Crippen LogP contribution in [0.15, 0.2) is 24.3 Å². The van der Waals surface area contributed by atoms with E-state index < -0.39 is 5.91 Å². The molecule has 0 atom stereocenters. The number of hydrogen-bond acceptors (Lipinski definition) is 4. The normalized spacial score (nSPS) is 10.2. The molecule has 0 aliphatic carbocycles. The molecule has 2 amide bonds. The summed E-state index contributed by atoms with van der Waals surface area (Å²) >= 11 is 0. The molecule has 0 saturated heterocycles. The molecule has 0 fully saturated rings. The Bertz CT molecular complexity index is 435. The Morgan fingerprint density at radius 2 is 2.05 bits per heavy atom. The lowest BCUT2D eigenvalue weighted by Crippen LogP contribution is -2.24. The highest BCUT2D eigenvalue weighted by atomic mass is 16.5. The molecular formula is C13H19N3O3. The average Bonchev–Trinajstić information content (AvgIpc) is 2.34. The van der Waals surface area contributed by atoms with Crippen molar-refractivity contribution in [2.45, 2.75) is 13.5 Å². The number of carbonyl (C=O) groups is 2. The summed E-state index contributed by atoms with van der Waals surface area (Å²) in [7, 11) is 0. The van der Waals surface area contributed by atoms with Gasteiger partial charge in [-0.05, 0) is 11.6 Å². The van der Waals surface area contributed by atoms with Crippen molar-refractivity contribution in [3.8, 4) is 0 Å². The molecule has 0 aliphatic rings. The highest BCUT2D eigenvalue weighted by molar-refractivity contribution is 5.89. The maximum Gasteiger partial charge on any atom is 0.243 e. The van der Waals surface area contributed by atoms with E-state index in [1.54, 1.807) is 0 Å².